The Balaban J connectivity index is 1.67. The summed E-state index contributed by atoms with van der Waals surface area (Å²) in [6.07, 6.45) is 1.95. The van der Waals surface area contributed by atoms with Crippen LogP contribution in [0, 0.1) is 0 Å². The Labute approximate surface area is 202 Å². The van der Waals surface area contributed by atoms with Gasteiger partial charge in [0, 0.05) is 28.6 Å². The predicted molar refractivity (Wildman–Crippen MR) is 142 cm³/mol. The van der Waals surface area contributed by atoms with Crippen LogP contribution in [0.4, 0.5) is 5.69 Å². The molecule has 33 heavy (non-hydrogen) atoms. The maximum absolute atomic E-state index is 13.0. The van der Waals surface area contributed by atoms with Crippen LogP contribution in [0.2, 0.25) is 0 Å². The van der Waals surface area contributed by atoms with Gasteiger partial charge in [0.1, 0.15) is 12.2 Å². The van der Waals surface area contributed by atoms with Crippen molar-refractivity contribution in [1.29, 1.82) is 0 Å². The van der Waals surface area contributed by atoms with Gasteiger partial charge >= 0.3 is 6.41 Å². The number of hydrogen-bond acceptors (Lipinski definition) is 1. The van der Waals surface area contributed by atoms with E-state index < -0.39 is 0 Å². The van der Waals surface area contributed by atoms with Crippen molar-refractivity contribution in [2.24, 2.45) is 0 Å². The van der Waals surface area contributed by atoms with E-state index in [1.54, 1.807) is 0 Å². The third kappa shape index (κ3) is 4.35. The van der Waals surface area contributed by atoms with Crippen LogP contribution in [-0.4, -0.2) is 13.0 Å². The molecule has 0 spiro atoms. The molecule has 3 heteroatoms. The molecule has 0 aliphatic carbocycles. The maximum Gasteiger partial charge on any atom is 0.306 e. The van der Waals surface area contributed by atoms with Crippen molar-refractivity contribution in [1.82, 2.24) is 4.48 Å². The zero-order chi connectivity index (χ0) is 22.7. The fourth-order valence-corrected chi connectivity index (χ4v) is 4.99. The van der Waals surface area contributed by atoms with Gasteiger partial charge in [-0.3, -0.25) is 0 Å². The Morgan fingerprint density at radius 2 is 1.27 bits per heavy atom. The molecular weight excluding hydrogens is 470 g/mol. The molecule has 1 amide bonds. The smallest absolute Gasteiger partial charge is 0.233 e. The van der Waals surface area contributed by atoms with E-state index in [0.29, 0.717) is 13.1 Å². The molecule has 0 aliphatic heterocycles. The number of halogens is 1. The molecular formula is C30H25BrNO+. The lowest BCUT2D eigenvalue weighted by molar-refractivity contribution is -0.118. The Hall–Kier alpha value is -3.27. The SMILES string of the molecule is O=C[N+](CCc1ccccc1)(Cc1c2ccccc2cc2ccccc12)c1ccc(Br)cc1. The second-order valence-electron chi connectivity index (χ2n) is 8.53. The van der Waals surface area contributed by atoms with Crippen molar-refractivity contribution >= 4 is 49.6 Å². The first kappa shape index (κ1) is 21.6. The molecule has 0 heterocycles. The molecule has 0 saturated heterocycles. The summed E-state index contributed by atoms with van der Waals surface area (Å²) in [7, 11) is 0. The summed E-state index contributed by atoms with van der Waals surface area (Å²) in [6, 6.07) is 37.8. The first-order valence-electron chi connectivity index (χ1n) is 11.2. The summed E-state index contributed by atoms with van der Waals surface area (Å²) >= 11 is 3.55. The van der Waals surface area contributed by atoms with Gasteiger partial charge in [-0.15, -0.1) is 0 Å². The average molecular weight is 495 g/mol. The topological polar surface area (TPSA) is 17.1 Å². The number of amides is 1. The van der Waals surface area contributed by atoms with Gasteiger partial charge in [-0.1, -0.05) is 94.8 Å². The number of nitrogens with zero attached hydrogens (tertiary/aromatic N) is 1. The molecule has 0 bridgehead atoms. The minimum absolute atomic E-state index is 0.236. The van der Waals surface area contributed by atoms with Crippen molar-refractivity contribution in [3.63, 3.8) is 0 Å². The van der Waals surface area contributed by atoms with Crippen LogP contribution in [0.3, 0.4) is 0 Å². The van der Waals surface area contributed by atoms with Crippen LogP contribution in [0.1, 0.15) is 11.1 Å². The minimum atomic E-state index is 0.236. The highest BCUT2D eigenvalue weighted by Gasteiger charge is 2.32. The lowest BCUT2D eigenvalue weighted by atomic mass is 9.95. The monoisotopic (exact) mass is 494 g/mol. The lowest BCUT2D eigenvalue weighted by Gasteiger charge is -2.33. The molecule has 0 N–H and O–H groups in total. The van der Waals surface area contributed by atoms with Crippen LogP contribution in [0.15, 0.2) is 114 Å². The summed E-state index contributed by atoms with van der Waals surface area (Å²) in [5.41, 5.74) is 3.45. The summed E-state index contributed by atoms with van der Waals surface area (Å²) in [5.74, 6) is 0. The molecule has 1 unspecified atom stereocenters. The first-order valence-corrected chi connectivity index (χ1v) is 12.0. The van der Waals surface area contributed by atoms with Crippen LogP contribution < -0.4 is 4.48 Å². The third-order valence-electron chi connectivity index (χ3n) is 6.51. The van der Waals surface area contributed by atoms with Gasteiger partial charge in [-0.2, -0.15) is 0 Å². The van der Waals surface area contributed by atoms with E-state index in [-0.39, 0.29) is 4.48 Å². The van der Waals surface area contributed by atoms with Crippen molar-refractivity contribution in [3.05, 3.63) is 125 Å². The number of fused-ring (bicyclic) bond motifs is 2. The van der Waals surface area contributed by atoms with Crippen molar-refractivity contribution in [2.75, 3.05) is 6.54 Å². The number of benzene rings is 5. The van der Waals surface area contributed by atoms with E-state index in [9.17, 15) is 4.79 Å². The van der Waals surface area contributed by atoms with Crippen LogP contribution >= 0.6 is 15.9 Å². The van der Waals surface area contributed by atoms with E-state index in [1.807, 2.05) is 18.2 Å². The van der Waals surface area contributed by atoms with Crippen molar-refractivity contribution in [2.45, 2.75) is 13.0 Å². The van der Waals surface area contributed by atoms with Crippen molar-refractivity contribution < 1.29 is 4.79 Å². The standard InChI is InChI=1S/C30H25BrNO/c31-26-14-16-27(17-15-26)32(22-33,19-18-23-8-2-1-3-9-23)21-30-28-12-6-4-10-24(28)20-25-11-5-7-13-29(25)30/h1-17,20,22H,18-19,21H2/q+1. The molecule has 162 valence electrons. The molecule has 0 saturated carbocycles. The van der Waals surface area contributed by atoms with Gasteiger partial charge in [0.25, 0.3) is 0 Å². The van der Waals surface area contributed by atoms with Crippen LogP contribution in [0.25, 0.3) is 21.5 Å². The second kappa shape index (κ2) is 9.30. The van der Waals surface area contributed by atoms with Crippen LogP contribution in [-0.2, 0) is 17.8 Å². The van der Waals surface area contributed by atoms with E-state index in [1.165, 1.54) is 32.7 Å². The van der Waals surface area contributed by atoms with E-state index in [0.717, 1.165) is 23.0 Å². The molecule has 2 nitrogen and oxygen atoms in total. The van der Waals surface area contributed by atoms with Crippen LogP contribution in [0.5, 0.6) is 0 Å². The van der Waals surface area contributed by atoms with E-state index >= 15 is 0 Å². The molecule has 5 rings (SSSR count). The number of carbonyl (C=O) groups is 1. The predicted octanol–water partition coefficient (Wildman–Crippen LogP) is 7.66. The highest BCUT2D eigenvalue weighted by atomic mass is 79.9. The molecule has 0 radical (unpaired) electrons. The van der Waals surface area contributed by atoms with Gasteiger partial charge < -0.3 is 0 Å². The Bertz CT molecular complexity index is 1360. The Morgan fingerprint density at radius 3 is 1.88 bits per heavy atom. The molecule has 0 aliphatic rings. The van der Waals surface area contributed by atoms with Gasteiger partial charge in [0.2, 0.25) is 0 Å². The molecule has 0 fully saturated rings. The maximum atomic E-state index is 13.0. The number of quaternary nitrogens is 1. The summed E-state index contributed by atoms with van der Waals surface area (Å²) in [6.45, 7) is 1.28. The molecule has 5 aromatic rings. The first-order chi connectivity index (χ1) is 16.2. The largest absolute Gasteiger partial charge is 0.306 e. The summed E-state index contributed by atoms with van der Waals surface area (Å²) in [5, 5.41) is 4.82. The van der Waals surface area contributed by atoms with E-state index in [2.05, 4.69) is 107 Å². The van der Waals surface area contributed by atoms with Gasteiger partial charge in [-0.25, -0.2) is 9.28 Å². The number of rotatable bonds is 7. The zero-order valence-electron chi connectivity index (χ0n) is 18.3. The fraction of sp³-hybridized carbons (Fsp3) is 0.100. The van der Waals surface area contributed by atoms with Crippen molar-refractivity contribution in [3.8, 4) is 0 Å². The highest BCUT2D eigenvalue weighted by Crippen LogP contribution is 2.34. The van der Waals surface area contributed by atoms with Gasteiger partial charge in [0.15, 0.2) is 0 Å². The lowest BCUT2D eigenvalue weighted by Crippen LogP contribution is -2.48. The summed E-state index contributed by atoms with van der Waals surface area (Å²) < 4.78 is 1.24. The number of hydrogen-bond donors (Lipinski definition) is 0. The Kier molecular flexibility index (Phi) is 6.08. The fourth-order valence-electron chi connectivity index (χ4n) is 4.72. The van der Waals surface area contributed by atoms with Gasteiger partial charge in [-0.05, 0) is 45.3 Å². The van der Waals surface area contributed by atoms with Gasteiger partial charge in [0.05, 0.1) is 6.54 Å². The molecule has 1 atom stereocenters. The quantitative estimate of drug-likeness (QED) is 0.129. The highest BCUT2D eigenvalue weighted by molar-refractivity contribution is 9.10. The second-order valence-corrected chi connectivity index (χ2v) is 9.45. The molecule has 0 aromatic heterocycles. The third-order valence-corrected chi connectivity index (χ3v) is 7.04. The minimum Gasteiger partial charge on any atom is -0.233 e. The Morgan fingerprint density at radius 1 is 0.697 bits per heavy atom. The normalized spacial score (nSPS) is 13.1. The zero-order valence-corrected chi connectivity index (χ0v) is 19.9. The molecule has 5 aromatic carbocycles. The average Bonchev–Trinajstić information content (AvgIpc) is 2.87. The van der Waals surface area contributed by atoms with E-state index in [4.69, 9.17) is 0 Å². The summed E-state index contributed by atoms with van der Waals surface area (Å²) in [4.78, 5) is 13.0. The number of carbonyl (C=O) groups excluding carboxylic acids is 1.